The van der Waals surface area contributed by atoms with Crippen molar-refractivity contribution >= 4 is 5.96 Å². The van der Waals surface area contributed by atoms with Crippen molar-refractivity contribution in [3.63, 3.8) is 0 Å². The number of aromatic nitrogens is 2. The largest absolute Gasteiger partial charge is 0.497 e. The molecule has 0 saturated carbocycles. The van der Waals surface area contributed by atoms with E-state index in [0.717, 1.165) is 75.5 Å². The van der Waals surface area contributed by atoms with Crippen molar-refractivity contribution in [1.82, 2.24) is 20.8 Å². The van der Waals surface area contributed by atoms with Crippen LogP contribution in [0.3, 0.4) is 0 Å². The molecule has 8 nitrogen and oxygen atoms in total. The molecule has 1 saturated heterocycles. The number of guanidine groups is 1. The first-order valence-electron chi connectivity index (χ1n) is 11.2. The van der Waals surface area contributed by atoms with Crippen LogP contribution >= 0.6 is 0 Å². The fourth-order valence-electron chi connectivity index (χ4n) is 3.55. The standard InChI is InChI=1S/C23H35N5O3/c1-4-24-22(26-17-23(2)14-8-16-30-23)25-15-7-5-6-9-20-27-21(28-31-20)18-10-12-19(29-3)13-11-18/h10-13H,4-9,14-17H2,1-3H3,(H2,24,25,26). The molecule has 31 heavy (non-hydrogen) atoms. The fraction of sp³-hybridized carbons (Fsp3) is 0.609. The topological polar surface area (TPSA) is 93.8 Å². The minimum Gasteiger partial charge on any atom is -0.497 e. The van der Waals surface area contributed by atoms with E-state index in [-0.39, 0.29) is 5.60 Å². The summed E-state index contributed by atoms with van der Waals surface area (Å²) in [5.41, 5.74) is 0.809. The van der Waals surface area contributed by atoms with Gasteiger partial charge < -0.3 is 24.6 Å². The summed E-state index contributed by atoms with van der Waals surface area (Å²) in [5, 5.41) is 10.8. The second-order valence-electron chi connectivity index (χ2n) is 8.07. The Bertz CT molecular complexity index is 813. The lowest BCUT2D eigenvalue weighted by Crippen LogP contribution is -2.39. The summed E-state index contributed by atoms with van der Waals surface area (Å²) >= 11 is 0. The Morgan fingerprint density at radius 3 is 2.74 bits per heavy atom. The molecule has 170 valence electrons. The third-order valence-corrected chi connectivity index (χ3v) is 5.39. The average molecular weight is 430 g/mol. The van der Waals surface area contributed by atoms with E-state index in [9.17, 15) is 0 Å². The van der Waals surface area contributed by atoms with Crippen LogP contribution in [0.2, 0.25) is 0 Å². The van der Waals surface area contributed by atoms with Gasteiger partial charge in [0, 0.05) is 31.7 Å². The smallest absolute Gasteiger partial charge is 0.226 e. The monoisotopic (exact) mass is 429 g/mol. The number of hydrogen-bond donors (Lipinski definition) is 2. The molecule has 8 heteroatoms. The van der Waals surface area contributed by atoms with Crippen molar-refractivity contribution < 1.29 is 14.0 Å². The number of rotatable bonds is 11. The second-order valence-corrected chi connectivity index (χ2v) is 8.07. The van der Waals surface area contributed by atoms with Crippen molar-refractivity contribution in [2.24, 2.45) is 4.99 Å². The molecule has 1 aromatic carbocycles. The van der Waals surface area contributed by atoms with Gasteiger partial charge in [0.05, 0.1) is 19.3 Å². The highest BCUT2D eigenvalue weighted by atomic mass is 16.5. The number of ether oxygens (including phenoxy) is 2. The first kappa shape index (κ1) is 23.1. The third kappa shape index (κ3) is 7.24. The molecule has 1 atom stereocenters. The van der Waals surface area contributed by atoms with Crippen LogP contribution in [-0.4, -0.2) is 55.1 Å². The van der Waals surface area contributed by atoms with Gasteiger partial charge in [-0.3, -0.25) is 4.99 Å². The van der Waals surface area contributed by atoms with Gasteiger partial charge in [0.1, 0.15) is 5.75 Å². The molecule has 2 N–H and O–H groups in total. The lowest BCUT2D eigenvalue weighted by atomic mass is 10.0. The van der Waals surface area contributed by atoms with E-state index in [1.54, 1.807) is 7.11 Å². The van der Waals surface area contributed by atoms with Crippen LogP contribution in [-0.2, 0) is 11.2 Å². The van der Waals surface area contributed by atoms with Gasteiger partial charge in [-0.15, -0.1) is 0 Å². The van der Waals surface area contributed by atoms with E-state index in [4.69, 9.17) is 19.0 Å². The van der Waals surface area contributed by atoms with Gasteiger partial charge in [0.25, 0.3) is 0 Å². The average Bonchev–Trinajstić information content (AvgIpc) is 3.44. The predicted octanol–water partition coefficient (Wildman–Crippen LogP) is 3.58. The Morgan fingerprint density at radius 1 is 1.19 bits per heavy atom. The molecule has 0 amide bonds. The molecule has 1 aromatic heterocycles. The molecule has 0 spiro atoms. The maximum absolute atomic E-state index is 5.82. The SMILES string of the molecule is CCNC(=NCC1(C)CCCO1)NCCCCCc1nc(-c2ccc(OC)cc2)no1. The highest BCUT2D eigenvalue weighted by Gasteiger charge is 2.29. The summed E-state index contributed by atoms with van der Waals surface area (Å²) in [5.74, 6) is 2.97. The van der Waals surface area contributed by atoms with Gasteiger partial charge >= 0.3 is 0 Å². The van der Waals surface area contributed by atoms with Crippen LogP contribution in [0.25, 0.3) is 11.4 Å². The number of unbranched alkanes of at least 4 members (excludes halogenated alkanes) is 2. The van der Waals surface area contributed by atoms with Crippen LogP contribution in [0, 0.1) is 0 Å². The van der Waals surface area contributed by atoms with Crippen LogP contribution in [0.4, 0.5) is 0 Å². The number of hydrogen-bond acceptors (Lipinski definition) is 6. The van der Waals surface area contributed by atoms with Crippen LogP contribution in [0.15, 0.2) is 33.8 Å². The number of nitrogens with zero attached hydrogens (tertiary/aromatic N) is 3. The third-order valence-electron chi connectivity index (χ3n) is 5.39. The Hall–Kier alpha value is -2.61. The van der Waals surface area contributed by atoms with E-state index < -0.39 is 0 Å². The van der Waals surface area contributed by atoms with Crippen molar-refractivity contribution in [1.29, 1.82) is 0 Å². The highest BCUT2D eigenvalue weighted by molar-refractivity contribution is 5.79. The first-order valence-corrected chi connectivity index (χ1v) is 11.2. The fourth-order valence-corrected chi connectivity index (χ4v) is 3.55. The highest BCUT2D eigenvalue weighted by Crippen LogP contribution is 2.25. The number of aryl methyl sites for hydroxylation is 1. The summed E-state index contributed by atoms with van der Waals surface area (Å²) in [6, 6.07) is 7.65. The van der Waals surface area contributed by atoms with E-state index in [0.29, 0.717) is 18.3 Å². The van der Waals surface area contributed by atoms with Crippen molar-refractivity contribution in [2.45, 2.75) is 58.0 Å². The van der Waals surface area contributed by atoms with E-state index in [2.05, 4.69) is 34.6 Å². The molecule has 0 radical (unpaired) electrons. The van der Waals surface area contributed by atoms with Gasteiger partial charge in [0.15, 0.2) is 5.96 Å². The van der Waals surface area contributed by atoms with Crippen LogP contribution in [0.5, 0.6) is 5.75 Å². The summed E-state index contributed by atoms with van der Waals surface area (Å²) in [7, 11) is 1.65. The summed E-state index contributed by atoms with van der Waals surface area (Å²) in [6.45, 7) is 7.48. The maximum Gasteiger partial charge on any atom is 0.226 e. The molecular weight excluding hydrogens is 394 g/mol. The Morgan fingerprint density at radius 2 is 2.03 bits per heavy atom. The lowest BCUT2D eigenvalue weighted by Gasteiger charge is -2.21. The molecule has 1 aliphatic rings. The van der Waals surface area contributed by atoms with Gasteiger partial charge in [-0.1, -0.05) is 11.6 Å². The quantitative estimate of drug-likeness (QED) is 0.320. The summed E-state index contributed by atoms with van der Waals surface area (Å²) < 4.78 is 16.4. The number of aliphatic imine (C=N–C) groups is 1. The molecule has 1 fully saturated rings. The molecular formula is C23H35N5O3. The predicted molar refractivity (Wildman–Crippen MR) is 121 cm³/mol. The summed E-state index contributed by atoms with van der Waals surface area (Å²) in [4.78, 5) is 9.20. The van der Waals surface area contributed by atoms with Crippen LogP contribution in [0.1, 0.15) is 51.8 Å². The lowest BCUT2D eigenvalue weighted by molar-refractivity contribution is 0.0283. The van der Waals surface area contributed by atoms with Crippen molar-refractivity contribution in [2.75, 3.05) is 33.4 Å². The van der Waals surface area contributed by atoms with Crippen LogP contribution < -0.4 is 15.4 Å². The summed E-state index contributed by atoms with van der Waals surface area (Å²) in [6.07, 6.45) is 6.12. The number of benzene rings is 1. The van der Waals surface area contributed by atoms with Crippen molar-refractivity contribution in [3.05, 3.63) is 30.2 Å². The first-order chi connectivity index (χ1) is 15.1. The van der Waals surface area contributed by atoms with Gasteiger partial charge in [0.2, 0.25) is 11.7 Å². The van der Waals surface area contributed by atoms with Crippen molar-refractivity contribution in [3.8, 4) is 17.1 Å². The Balaban J connectivity index is 1.35. The molecule has 0 aliphatic carbocycles. The minimum absolute atomic E-state index is 0.114. The molecule has 2 heterocycles. The van der Waals surface area contributed by atoms with Gasteiger partial charge in [-0.2, -0.15) is 4.98 Å². The Labute approximate surface area is 184 Å². The molecule has 1 aliphatic heterocycles. The number of nitrogens with one attached hydrogen (secondary N) is 2. The molecule has 0 bridgehead atoms. The molecule has 2 aromatic rings. The van der Waals surface area contributed by atoms with Gasteiger partial charge in [-0.25, -0.2) is 0 Å². The second kappa shape index (κ2) is 11.7. The normalized spacial score (nSPS) is 18.9. The zero-order valence-corrected chi connectivity index (χ0v) is 18.9. The maximum atomic E-state index is 5.82. The zero-order chi connectivity index (χ0) is 21.9. The van der Waals surface area contributed by atoms with E-state index in [1.165, 1.54) is 0 Å². The number of methoxy groups -OCH3 is 1. The Kier molecular flexibility index (Phi) is 8.70. The minimum atomic E-state index is -0.114. The van der Waals surface area contributed by atoms with Gasteiger partial charge in [-0.05, 0) is 63.8 Å². The van der Waals surface area contributed by atoms with E-state index in [1.807, 2.05) is 24.3 Å². The molecule has 1 unspecified atom stereocenters. The zero-order valence-electron chi connectivity index (χ0n) is 18.9. The molecule has 3 rings (SSSR count). The van der Waals surface area contributed by atoms with E-state index >= 15 is 0 Å².